The maximum atomic E-state index is 5.44. The lowest BCUT2D eigenvalue weighted by molar-refractivity contribution is 0.737. The fourth-order valence-electron chi connectivity index (χ4n) is 0.403. The zero-order valence-corrected chi connectivity index (χ0v) is 6.93. The number of alkyl halides is 1. The summed E-state index contributed by atoms with van der Waals surface area (Å²) in [6, 6.07) is 2.34. The van der Waals surface area contributed by atoms with Crippen molar-refractivity contribution in [3.63, 3.8) is 0 Å². The monoisotopic (exact) mass is 242 g/mol. The van der Waals surface area contributed by atoms with Crippen LogP contribution in [0.4, 0.5) is 0 Å². The van der Waals surface area contributed by atoms with Gasteiger partial charge in [-0.1, -0.05) is 0 Å². The molecule has 0 atom stereocenters. The predicted molar refractivity (Wildman–Crippen MR) is 40.8 cm³/mol. The molecule has 0 bridgehead atoms. The molecular formula is C4H4ClIN2. The van der Waals surface area contributed by atoms with E-state index >= 15 is 0 Å². The Hall–Kier alpha value is 0.230. The van der Waals surface area contributed by atoms with Gasteiger partial charge >= 0.3 is 0 Å². The number of rotatable bonds is 1. The van der Waals surface area contributed by atoms with Crippen LogP contribution in [0.5, 0.6) is 0 Å². The molecule has 0 aromatic carbocycles. The van der Waals surface area contributed by atoms with Crippen LogP contribution < -0.4 is 0 Å². The van der Waals surface area contributed by atoms with Gasteiger partial charge < -0.3 is 0 Å². The first kappa shape index (κ1) is 6.35. The fourth-order valence-corrected chi connectivity index (χ4v) is 0.975. The highest BCUT2D eigenvalue weighted by molar-refractivity contribution is 14.1. The van der Waals surface area contributed by atoms with Crippen LogP contribution in [0.3, 0.4) is 0 Å². The molecular weight excluding hydrogens is 238 g/mol. The lowest BCUT2D eigenvalue weighted by Gasteiger charge is -1.86. The van der Waals surface area contributed by atoms with Crippen molar-refractivity contribution in [2.24, 2.45) is 0 Å². The van der Waals surface area contributed by atoms with E-state index in [4.69, 9.17) is 11.6 Å². The summed E-state index contributed by atoms with van der Waals surface area (Å²) in [5.41, 5.74) is 0. The van der Waals surface area contributed by atoms with Gasteiger partial charge in [-0.3, -0.25) is 4.68 Å². The van der Waals surface area contributed by atoms with Crippen molar-refractivity contribution in [1.29, 1.82) is 0 Å². The van der Waals surface area contributed by atoms with E-state index in [1.54, 1.807) is 4.68 Å². The summed E-state index contributed by atoms with van der Waals surface area (Å²) in [6.45, 7) is 0. The highest BCUT2D eigenvalue weighted by Gasteiger charge is 1.88. The number of nitrogens with zero attached hydrogens (tertiary/aromatic N) is 2. The summed E-state index contributed by atoms with van der Waals surface area (Å²) in [4.78, 5) is 0. The van der Waals surface area contributed by atoms with Crippen molar-refractivity contribution in [2.45, 2.75) is 6.00 Å². The zero-order valence-electron chi connectivity index (χ0n) is 4.01. The van der Waals surface area contributed by atoms with Gasteiger partial charge in [-0.05, 0) is 28.7 Å². The van der Waals surface area contributed by atoms with Gasteiger partial charge in [0, 0.05) is 6.20 Å². The van der Waals surface area contributed by atoms with Crippen LogP contribution in [0.2, 0.25) is 0 Å². The van der Waals surface area contributed by atoms with Crippen LogP contribution in [0, 0.1) is 3.70 Å². The van der Waals surface area contributed by atoms with Crippen LogP contribution in [0.15, 0.2) is 12.3 Å². The van der Waals surface area contributed by atoms with Crippen molar-refractivity contribution in [1.82, 2.24) is 9.78 Å². The second-order valence-electron chi connectivity index (χ2n) is 1.30. The number of hydrogen-bond donors (Lipinski definition) is 0. The first-order valence-electron chi connectivity index (χ1n) is 2.08. The molecule has 1 heterocycles. The third-order valence-corrected chi connectivity index (χ3v) is 1.55. The molecule has 0 radical (unpaired) electrons. The van der Waals surface area contributed by atoms with E-state index in [9.17, 15) is 0 Å². The normalized spacial score (nSPS) is 9.75. The Labute approximate surface area is 66.0 Å². The molecule has 0 N–H and O–H groups in total. The number of hydrogen-bond acceptors (Lipinski definition) is 1. The van der Waals surface area contributed by atoms with Crippen molar-refractivity contribution in [3.05, 3.63) is 16.0 Å². The summed E-state index contributed by atoms with van der Waals surface area (Å²) in [5.74, 6) is 0. The summed E-state index contributed by atoms with van der Waals surface area (Å²) < 4.78 is 2.65. The number of halogens is 2. The minimum atomic E-state index is 0.434. The Balaban J connectivity index is 2.84. The Kier molecular flexibility index (Phi) is 2.13. The van der Waals surface area contributed by atoms with Crippen LogP contribution in [0.1, 0.15) is 0 Å². The van der Waals surface area contributed by atoms with E-state index in [1.807, 2.05) is 12.3 Å². The van der Waals surface area contributed by atoms with E-state index < -0.39 is 0 Å². The Morgan fingerprint density at radius 3 is 2.88 bits per heavy atom. The molecule has 0 spiro atoms. The average Bonchev–Trinajstić information content (AvgIpc) is 2.14. The van der Waals surface area contributed by atoms with Crippen LogP contribution in [-0.4, -0.2) is 9.78 Å². The molecule has 1 aromatic rings. The topological polar surface area (TPSA) is 17.8 Å². The molecule has 0 aliphatic heterocycles. The van der Waals surface area contributed by atoms with Gasteiger partial charge in [0.25, 0.3) is 0 Å². The quantitative estimate of drug-likeness (QED) is 0.541. The van der Waals surface area contributed by atoms with Gasteiger partial charge in [-0.15, -0.1) is 11.6 Å². The summed E-state index contributed by atoms with van der Waals surface area (Å²) >= 11 is 7.57. The summed E-state index contributed by atoms with van der Waals surface area (Å²) in [5, 5.41) is 4.00. The second-order valence-corrected chi connectivity index (χ2v) is 2.64. The van der Waals surface area contributed by atoms with E-state index in [0.717, 1.165) is 3.70 Å². The molecule has 0 amide bonds. The van der Waals surface area contributed by atoms with Crippen molar-refractivity contribution < 1.29 is 0 Å². The summed E-state index contributed by atoms with van der Waals surface area (Å²) in [7, 11) is 0. The van der Waals surface area contributed by atoms with Crippen LogP contribution >= 0.6 is 34.2 Å². The van der Waals surface area contributed by atoms with Gasteiger partial charge in [0.05, 0.1) is 0 Å². The Morgan fingerprint density at radius 2 is 2.62 bits per heavy atom. The maximum Gasteiger partial charge on any atom is 0.123 e. The SMILES string of the molecule is ClCn1ccc(I)n1. The Morgan fingerprint density at radius 1 is 1.88 bits per heavy atom. The van der Waals surface area contributed by atoms with Crippen LogP contribution in [-0.2, 0) is 6.00 Å². The molecule has 2 nitrogen and oxygen atoms in total. The Bertz CT molecular complexity index is 174. The van der Waals surface area contributed by atoms with E-state index in [1.165, 1.54) is 0 Å². The second kappa shape index (κ2) is 2.68. The first-order valence-corrected chi connectivity index (χ1v) is 3.69. The molecule has 4 heteroatoms. The van der Waals surface area contributed by atoms with Gasteiger partial charge in [0.1, 0.15) is 9.70 Å². The maximum absolute atomic E-state index is 5.44. The van der Waals surface area contributed by atoms with Crippen LogP contribution in [0.25, 0.3) is 0 Å². The first-order chi connectivity index (χ1) is 3.83. The minimum Gasteiger partial charge on any atom is -0.257 e. The molecule has 44 valence electrons. The minimum absolute atomic E-state index is 0.434. The fraction of sp³-hybridized carbons (Fsp3) is 0.250. The van der Waals surface area contributed by atoms with Gasteiger partial charge in [0.15, 0.2) is 0 Å². The standard InChI is InChI=1S/C4H4ClIN2/c5-3-8-2-1-4(6)7-8/h1-2H,3H2. The molecule has 0 aliphatic carbocycles. The lowest BCUT2D eigenvalue weighted by Crippen LogP contribution is -1.91. The average molecular weight is 242 g/mol. The third kappa shape index (κ3) is 1.35. The third-order valence-electron chi connectivity index (χ3n) is 0.731. The highest BCUT2D eigenvalue weighted by atomic mass is 127. The van der Waals surface area contributed by atoms with E-state index in [0.29, 0.717) is 6.00 Å². The molecule has 0 aliphatic rings. The molecule has 0 saturated heterocycles. The molecule has 0 unspecified atom stereocenters. The molecule has 8 heavy (non-hydrogen) atoms. The molecule has 1 rings (SSSR count). The molecule has 0 fully saturated rings. The summed E-state index contributed by atoms with van der Waals surface area (Å²) in [6.07, 6.45) is 1.84. The van der Waals surface area contributed by atoms with E-state index in [2.05, 4.69) is 27.7 Å². The van der Waals surface area contributed by atoms with Crippen molar-refractivity contribution in [2.75, 3.05) is 0 Å². The number of aromatic nitrogens is 2. The molecule has 1 aromatic heterocycles. The zero-order chi connectivity index (χ0) is 5.98. The highest BCUT2D eigenvalue weighted by Crippen LogP contribution is 1.99. The van der Waals surface area contributed by atoms with E-state index in [-0.39, 0.29) is 0 Å². The predicted octanol–water partition coefficient (Wildman–Crippen LogP) is 1.68. The van der Waals surface area contributed by atoms with Crippen molar-refractivity contribution >= 4 is 34.2 Å². The smallest absolute Gasteiger partial charge is 0.123 e. The van der Waals surface area contributed by atoms with Crippen molar-refractivity contribution in [3.8, 4) is 0 Å². The van der Waals surface area contributed by atoms with Gasteiger partial charge in [0.2, 0.25) is 0 Å². The van der Waals surface area contributed by atoms with Gasteiger partial charge in [-0.2, -0.15) is 5.10 Å². The lowest BCUT2D eigenvalue weighted by atomic mass is 10.8. The molecule has 0 saturated carbocycles. The van der Waals surface area contributed by atoms with Gasteiger partial charge in [-0.25, -0.2) is 0 Å². The largest absolute Gasteiger partial charge is 0.257 e.